The van der Waals surface area contributed by atoms with Crippen LogP contribution in [0.2, 0.25) is 0 Å². The first-order valence-electron chi connectivity index (χ1n) is 12.2. The number of rotatable bonds is 4. The average molecular weight is 467 g/mol. The Morgan fingerprint density at radius 2 is 1.00 bits per heavy atom. The maximum Gasteiger partial charge on any atom is 0.287 e. The van der Waals surface area contributed by atoms with Gasteiger partial charge in [-0.1, -0.05) is 12.8 Å². The Hall–Kier alpha value is -3.30. The van der Waals surface area contributed by atoms with Crippen molar-refractivity contribution < 1.29 is 9.85 Å². The maximum atomic E-state index is 10.5. The number of aromatic nitrogens is 2. The third-order valence-electron chi connectivity index (χ3n) is 7.99. The Kier molecular flexibility index (Phi) is 6.30. The fourth-order valence-electron chi connectivity index (χ4n) is 6.19. The fourth-order valence-corrected chi connectivity index (χ4v) is 6.19. The van der Waals surface area contributed by atoms with Crippen LogP contribution < -0.4 is 9.80 Å². The van der Waals surface area contributed by atoms with E-state index in [9.17, 15) is 20.2 Å². The molecule has 10 heteroatoms. The molecule has 34 heavy (non-hydrogen) atoms. The first-order valence-corrected chi connectivity index (χ1v) is 12.2. The van der Waals surface area contributed by atoms with Crippen LogP contribution in [0.4, 0.5) is 23.0 Å². The van der Waals surface area contributed by atoms with Crippen molar-refractivity contribution in [2.24, 2.45) is 23.7 Å². The van der Waals surface area contributed by atoms with Crippen LogP contribution in [0.1, 0.15) is 38.5 Å². The van der Waals surface area contributed by atoms with Crippen molar-refractivity contribution in [3.63, 3.8) is 0 Å². The molecule has 0 bridgehead atoms. The van der Waals surface area contributed by atoms with Gasteiger partial charge in [-0.25, -0.2) is 9.97 Å². The van der Waals surface area contributed by atoms with Crippen LogP contribution in [0.3, 0.4) is 0 Å². The zero-order chi connectivity index (χ0) is 23.7. The summed E-state index contributed by atoms with van der Waals surface area (Å²) in [6, 6.07) is 6.60. The summed E-state index contributed by atoms with van der Waals surface area (Å²) in [5.41, 5.74) is 0.126. The lowest BCUT2D eigenvalue weighted by Crippen LogP contribution is -2.21. The molecular formula is C24H30N6O4. The standard InChI is InChI=1S/2C12H15N3O2/c2*16-15(17)11-4-5-12(13-6-11)14-7-9-2-1-3-10(9)8-14/h2*4-6,9-10H,1-3,7-8H2/t2*9-,10+. The summed E-state index contributed by atoms with van der Waals surface area (Å²) in [5, 5.41) is 21.1. The molecule has 0 spiro atoms. The van der Waals surface area contributed by atoms with Crippen molar-refractivity contribution in [1.82, 2.24) is 9.97 Å². The topological polar surface area (TPSA) is 119 Å². The highest BCUT2D eigenvalue weighted by molar-refractivity contribution is 5.45. The molecular weight excluding hydrogens is 436 g/mol. The molecule has 2 saturated carbocycles. The van der Waals surface area contributed by atoms with E-state index < -0.39 is 9.85 Å². The molecule has 2 aromatic heterocycles. The molecule has 0 unspecified atom stereocenters. The van der Waals surface area contributed by atoms with Gasteiger partial charge in [-0.05, 0) is 61.5 Å². The molecule has 4 heterocycles. The Balaban J connectivity index is 0.000000142. The molecule has 180 valence electrons. The zero-order valence-electron chi connectivity index (χ0n) is 19.2. The number of fused-ring (bicyclic) bond motifs is 2. The molecule has 2 aliphatic heterocycles. The van der Waals surface area contributed by atoms with E-state index in [0.717, 1.165) is 61.5 Å². The molecule has 4 atom stereocenters. The Labute approximate surface area is 198 Å². The minimum Gasteiger partial charge on any atom is -0.356 e. The molecule has 10 nitrogen and oxygen atoms in total. The highest BCUT2D eigenvalue weighted by Gasteiger charge is 2.37. The third-order valence-corrected chi connectivity index (χ3v) is 7.99. The molecule has 4 aliphatic rings. The first kappa shape index (κ1) is 22.5. The van der Waals surface area contributed by atoms with Gasteiger partial charge in [0, 0.05) is 38.3 Å². The average Bonchev–Trinajstić information content (AvgIpc) is 3.60. The Bertz CT molecular complexity index is 923. The van der Waals surface area contributed by atoms with E-state index in [1.807, 2.05) is 0 Å². The van der Waals surface area contributed by atoms with Crippen molar-refractivity contribution in [3.05, 3.63) is 56.9 Å². The first-order chi connectivity index (χ1) is 16.5. The van der Waals surface area contributed by atoms with Gasteiger partial charge in [0.25, 0.3) is 11.4 Å². The SMILES string of the molecule is O=[N+]([O-])c1ccc(N2C[C@H]3CCC[C@H]3C2)nc1.O=[N+]([O-])c1ccc(N2C[C@H]3CCC[C@H]3C2)nc1. The van der Waals surface area contributed by atoms with Crippen LogP contribution in [-0.2, 0) is 0 Å². The van der Waals surface area contributed by atoms with Crippen LogP contribution in [0.15, 0.2) is 36.7 Å². The Morgan fingerprint density at radius 1 is 0.647 bits per heavy atom. The van der Waals surface area contributed by atoms with Gasteiger partial charge in [0.1, 0.15) is 24.0 Å². The van der Waals surface area contributed by atoms with Crippen molar-refractivity contribution in [1.29, 1.82) is 0 Å². The van der Waals surface area contributed by atoms with E-state index in [-0.39, 0.29) is 11.4 Å². The number of hydrogen-bond donors (Lipinski definition) is 0. The van der Waals surface area contributed by atoms with E-state index in [0.29, 0.717) is 0 Å². The van der Waals surface area contributed by atoms with Gasteiger partial charge in [0.15, 0.2) is 0 Å². The van der Waals surface area contributed by atoms with Crippen LogP contribution in [0.5, 0.6) is 0 Å². The monoisotopic (exact) mass is 466 g/mol. The molecule has 2 aliphatic carbocycles. The normalized spacial score (nSPS) is 27.2. The molecule has 0 N–H and O–H groups in total. The minimum absolute atomic E-state index is 0.0631. The molecule has 2 saturated heterocycles. The summed E-state index contributed by atoms with van der Waals surface area (Å²) in [6.45, 7) is 4.26. The quantitative estimate of drug-likeness (QED) is 0.479. The summed E-state index contributed by atoms with van der Waals surface area (Å²) < 4.78 is 0. The van der Waals surface area contributed by atoms with E-state index in [4.69, 9.17) is 0 Å². The van der Waals surface area contributed by atoms with Gasteiger partial charge in [-0.2, -0.15) is 0 Å². The van der Waals surface area contributed by atoms with Gasteiger partial charge < -0.3 is 9.80 Å². The lowest BCUT2D eigenvalue weighted by molar-refractivity contribution is -0.385. The Morgan fingerprint density at radius 3 is 1.26 bits per heavy atom. The second kappa shape index (κ2) is 9.52. The molecule has 0 radical (unpaired) electrons. The minimum atomic E-state index is -0.407. The summed E-state index contributed by atoms with van der Waals surface area (Å²) in [6.07, 6.45) is 10.7. The summed E-state index contributed by atoms with van der Waals surface area (Å²) in [4.78, 5) is 33.2. The van der Waals surface area contributed by atoms with Crippen LogP contribution in [-0.4, -0.2) is 46.0 Å². The van der Waals surface area contributed by atoms with Gasteiger partial charge >= 0.3 is 0 Å². The van der Waals surface area contributed by atoms with Gasteiger partial charge in [-0.3, -0.25) is 20.2 Å². The third kappa shape index (κ3) is 4.67. The number of nitrogens with zero attached hydrogens (tertiary/aromatic N) is 6. The van der Waals surface area contributed by atoms with E-state index >= 15 is 0 Å². The van der Waals surface area contributed by atoms with Gasteiger partial charge in [0.05, 0.1) is 9.85 Å². The molecule has 0 aromatic carbocycles. The second-order valence-corrected chi connectivity index (χ2v) is 9.98. The molecule has 4 fully saturated rings. The van der Waals surface area contributed by atoms with Crippen LogP contribution >= 0.6 is 0 Å². The van der Waals surface area contributed by atoms with Crippen LogP contribution in [0, 0.1) is 43.9 Å². The largest absolute Gasteiger partial charge is 0.356 e. The summed E-state index contributed by atoms with van der Waals surface area (Å²) in [7, 11) is 0. The van der Waals surface area contributed by atoms with Crippen LogP contribution in [0.25, 0.3) is 0 Å². The zero-order valence-corrected chi connectivity index (χ0v) is 19.2. The second-order valence-electron chi connectivity index (χ2n) is 9.98. The predicted molar refractivity (Wildman–Crippen MR) is 128 cm³/mol. The van der Waals surface area contributed by atoms with Crippen molar-refractivity contribution >= 4 is 23.0 Å². The highest BCUT2D eigenvalue weighted by atomic mass is 16.6. The van der Waals surface area contributed by atoms with Gasteiger partial charge in [-0.15, -0.1) is 0 Å². The van der Waals surface area contributed by atoms with E-state index in [1.54, 1.807) is 12.1 Å². The molecule has 6 rings (SSSR count). The van der Waals surface area contributed by atoms with Crippen molar-refractivity contribution in [3.8, 4) is 0 Å². The molecule has 0 amide bonds. The van der Waals surface area contributed by atoms with E-state index in [2.05, 4.69) is 19.8 Å². The smallest absolute Gasteiger partial charge is 0.287 e. The number of nitro groups is 2. The van der Waals surface area contributed by atoms with Crippen molar-refractivity contribution in [2.45, 2.75) is 38.5 Å². The summed E-state index contributed by atoms with van der Waals surface area (Å²) >= 11 is 0. The highest BCUT2D eigenvalue weighted by Crippen LogP contribution is 2.40. The number of anilines is 2. The fraction of sp³-hybridized carbons (Fsp3) is 0.583. The predicted octanol–water partition coefficient (Wildman–Crippen LogP) is 4.45. The summed E-state index contributed by atoms with van der Waals surface area (Å²) in [5.74, 6) is 5.01. The number of hydrogen-bond acceptors (Lipinski definition) is 8. The lowest BCUT2D eigenvalue weighted by Gasteiger charge is -2.17. The molecule has 2 aromatic rings. The maximum absolute atomic E-state index is 10.5. The van der Waals surface area contributed by atoms with Crippen molar-refractivity contribution in [2.75, 3.05) is 36.0 Å². The lowest BCUT2D eigenvalue weighted by atomic mass is 10.0. The number of pyridine rings is 2. The van der Waals surface area contributed by atoms with Gasteiger partial charge in [0.2, 0.25) is 0 Å². The van der Waals surface area contributed by atoms with E-state index in [1.165, 1.54) is 63.1 Å².